The van der Waals surface area contributed by atoms with Crippen LogP contribution in [0.4, 0.5) is 5.69 Å². The zero-order valence-corrected chi connectivity index (χ0v) is 15.7. The van der Waals surface area contributed by atoms with Gasteiger partial charge in [-0.3, -0.25) is 14.9 Å². The number of benzene rings is 1. The Hall–Kier alpha value is -2.15. The number of rotatable bonds is 6. The van der Waals surface area contributed by atoms with Gasteiger partial charge in [-0.25, -0.2) is 4.79 Å². The van der Waals surface area contributed by atoms with Crippen LogP contribution in [0.15, 0.2) is 18.2 Å². The van der Waals surface area contributed by atoms with Gasteiger partial charge in [0.25, 0.3) is 11.6 Å². The van der Waals surface area contributed by atoms with E-state index in [9.17, 15) is 19.7 Å². The van der Waals surface area contributed by atoms with Gasteiger partial charge in [0.05, 0.1) is 15.5 Å². The Bertz CT molecular complexity index is 688. The van der Waals surface area contributed by atoms with Gasteiger partial charge in [-0.1, -0.05) is 30.9 Å². The van der Waals surface area contributed by atoms with Gasteiger partial charge in [-0.15, -0.1) is 0 Å². The third-order valence-corrected chi connectivity index (χ3v) is 4.97. The Morgan fingerprint density at radius 3 is 2.54 bits per heavy atom. The first kappa shape index (κ1) is 20.2. The van der Waals surface area contributed by atoms with E-state index in [1.807, 2.05) is 6.92 Å². The Kier molecular flexibility index (Phi) is 6.97. The molecule has 2 rings (SSSR count). The third kappa shape index (κ3) is 4.72. The molecule has 0 spiro atoms. The average molecular weight is 383 g/mol. The van der Waals surface area contributed by atoms with Crippen molar-refractivity contribution < 1.29 is 19.2 Å². The van der Waals surface area contributed by atoms with Crippen molar-refractivity contribution in [3.8, 4) is 0 Å². The molecule has 1 aliphatic carbocycles. The van der Waals surface area contributed by atoms with Crippen molar-refractivity contribution >= 4 is 29.2 Å². The van der Waals surface area contributed by atoms with E-state index in [1.165, 1.54) is 25.5 Å². The summed E-state index contributed by atoms with van der Waals surface area (Å²) in [4.78, 5) is 36.9. The van der Waals surface area contributed by atoms with Crippen molar-refractivity contribution in [2.75, 3.05) is 6.54 Å². The number of nitrogens with zero attached hydrogens (tertiary/aromatic N) is 2. The van der Waals surface area contributed by atoms with Crippen molar-refractivity contribution in [3.63, 3.8) is 0 Å². The second-order valence-corrected chi connectivity index (χ2v) is 6.79. The Labute approximate surface area is 157 Å². The second kappa shape index (κ2) is 8.98. The lowest BCUT2D eigenvalue weighted by molar-refractivity contribution is -0.384. The minimum atomic E-state index is -0.948. The summed E-state index contributed by atoms with van der Waals surface area (Å²) in [6.07, 6.45) is 4.37. The number of ether oxygens (including phenoxy) is 1. The molecule has 0 N–H and O–H groups in total. The van der Waals surface area contributed by atoms with E-state index in [0.29, 0.717) is 6.54 Å². The number of nitro benzene ring substituents is 1. The van der Waals surface area contributed by atoms with Gasteiger partial charge in [0, 0.05) is 24.7 Å². The first-order valence-corrected chi connectivity index (χ1v) is 9.18. The minimum Gasteiger partial charge on any atom is -0.449 e. The highest BCUT2D eigenvalue weighted by Gasteiger charge is 2.30. The zero-order valence-electron chi connectivity index (χ0n) is 14.9. The summed E-state index contributed by atoms with van der Waals surface area (Å²) >= 11 is 5.94. The van der Waals surface area contributed by atoms with Gasteiger partial charge in [0.15, 0.2) is 6.10 Å². The van der Waals surface area contributed by atoms with Gasteiger partial charge in [0.1, 0.15) is 0 Å². The minimum absolute atomic E-state index is 0.00219. The van der Waals surface area contributed by atoms with Crippen LogP contribution in [-0.2, 0) is 9.53 Å². The number of amides is 1. The Morgan fingerprint density at radius 2 is 2.00 bits per heavy atom. The fourth-order valence-corrected chi connectivity index (χ4v) is 3.53. The molecule has 0 saturated heterocycles. The quantitative estimate of drug-likeness (QED) is 0.421. The summed E-state index contributed by atoms with van der Waals surface area (Å²) in [5.74, 6) is -1.00. The highest BCUT2D eigenvalue weighted by Crippen LogP contribution is 2.25. The molecule has 0 heterocycles. The standard InChI is InChI=1S/C18H23ClN2O5/c1-3-20(13-7-5-4-6-8-13)17(22)12(2)26-18(23)15-10-9-14(21(24)25)11-16(15)19/h9-13H,3-8H2,1-2H3/t12-/m1/s1. The number of halogens is 1. The molecule has 1 fully saturated rings. The van der Waals surface area contributed by atoms with E-state index in [1.54, 1.807) is 4.90 Å². The summed E-state index contributed by atoms with van der Waals surface area (Å²) in [6.45, 7) is 4.00. The molecular weight excluding hydrogens is 360 g/mol. The summed E-state index contributed by atoms with van der Waals surface area (Å²) in [5, 5.41) is 10.7. The molecule has 1 atom stereocenters. The maximum absolute atomic E-state index is 12.7. The third-order valence-electron chi connectivity index (χ3n) is 4.65. The van der Waals surface area contributed by atoms with Gasteiger partial charge >= 0.3 is 5.97 Å². The van der Waals surface area contributed by atoms with E-state index < -0.39 is 17.0 Å². The van der Waals surface area contributed by atoms with Crippen LogP contribution in [0, 0.1) is 10.1 Å². The molecule has 0 bridgehead atoms. The van der Waals surface area contributed by atoms with Gasteiger partial charge in [-0.2, -0.15) is 0 Å². The lowest BCUT2D eigenvalue weighted by atomic mass is 9.94. The first-order valence-electron chi connectivity index (χ1n) is 8.80. The number of nitro groups is 1. The van der Waals surface area contributed by atoms with Crippen LogP contribution in [0.5, 0.6) is 0 Å². The zero-order chi connectivity index (χ0) is 19.3. The number of hydrogen-bond acceptors (Lipinski definition) is 5. The number of hydrogen-bond donors (Lipinski definition) is 0. The van der Waals surface area contributed by atoms with Gasteiger partial charge < -0.3 is 9.64 Å². The van der Waals surface area contributed by atoms with Crippen molar-refractivity contribution in [1.82, 2.24) is 4.90 Å². The normalized spacial score (nSPS) is 16.0. The van der Waals surface area contributed by atoms with E-state index >= 15 is 0 Å². The number of carbonyl (C=O) groups is 2. The SMILES string of the molecule is CCN(C(=O)[C@@H](C)OC(=O)c1ccc([N+](=O)[O-])cc1Cl)C1CCCCC1. The molecule has 1 aromatic carbocycles. The van der Waals surface area contributed by atoms with Crippen molar-refractivity contribution in [2.45, 2.75) is 58.1 Å². The molecule has 0 aliphatic heterocycles. The van der Waals surface area contributed by atoms with Crippen LogP contribution in [0.3, 0.4) is 0 Å². The van der Waals surface area contributed by atoms with E-state index in [4.69, 9.17) is 16.3 Å². The smallest absolute Gasteiger partial charge is 0.340 e. The first-order chi connectivity index (χ1) is 12.3. The van der Waals surface area contributed by atoms with Gasteiger partial charge in [-0.05, 0) is 32.8 Å². The molecule has 142 valence electrons. The van der Waals surface area contributed by atoms with Crippen LogP contribution >= 0.6 is 11.6 Å². The lowest BCUT2D eigenvalue weighted by Crippen LogP contribution is -2.46. The molecule has 1 aromatic rings. The average Bonchev–Trinajstić information content (AvgIpc) is 2.62. The van der Waals surface area contributed by atoms with Crippen LogP contribution in [0.1, 0.15) is 56.3 Å². The molecule has 0 aromatic heterocycles. The summed E-state index contributed by atoms with van der Waals surface area (Å²) in [7, 11) is 0. The van der Waals surface area contributed by atoms with Crippen LogP contribution in [-0.4, -0.2) is 40.4 Å². The van der Waals surface area contributed by atoms with Crippen LogP contribution < -0.4 is 0 Å². The monoisotopic (exact) mass is 382 g/mol. The maximum atomic E-state index is 12.7. The maximum Gasteiger partial charge on any atom is 0.340 e. The summed E-state index contributed by atoms with van der Waals surface area (Å²) in [6, 6.07) is 3.68. The summed E-state index contributed by atoms with van der Waals surface area (Å²) < 4.78 is 5.27. The van der Waals surface area contributed by atoms with E-state index in [0.717, 1.165) is 31.7 Å². The van der Waals surface area contributed by atoms with Crippen LogP contribution in [0.2, 0.25) is 5.02 Å². The number of non-ortho nitro benzene ring substituents is 1. The molecular formula is C18H23ClN2O5. The molecule has 8 heteroatoms. The molecule has 0 unspecified atom stereocenters. The fourth-order valence-electron chi connectivity index (χ4n) is 3.28. The Balaban J connectivity index is 2.05. The van der Waals surface area contributed by atoms with Crippen molar-refractivity contribution in [1.29, 1.82) is 0 Å². The predicted molar refractivity (Wildman–Crippen MR) is 97.2 cm³/mol. The number of esters is 1. The molecule has 1 aliphatic rings. The predicted octanol–water partition coefficient (Wildman–Crippen LogP) is 3.97. The molecule has 7 nitrogen and oxygen atoms in total. The van der Waals surface area contributed by atoms with E-state index in [2.05, 4.69) is 0 Å². The van der Waals surface area contributed by atoms with Gasteiger partial charge in [0.2, 0.25) is 0 Å². The van der Waals surface area contributed by atoms with E-state index in [-0.39, 0.29) is 28.2 Å². The lowest BCUT2D eigenvalue weighted by Gasteiger charge is -2.35. The Morgan fingerprint density at radius 1 is 1.35 bits per heavy atom. The molecule has 0 radical (unpaired) electrons. The van der Waals surface area contributed by atoms with Crippen molar-refractivity contribution in [3.05, 3.63) is 38.9 Å². The largest absolute Gasteiger partial charge is 0.449 e. The number of carbonyl (C=O) groups excluding carboxylic acids is 2. The topological polar surface area (TPSA) is 89.8 Å². The number of likely N-dealkylation sites (N-methyl/N-ethyl adjacent to an activating group) is 1. The fraction of sp³-hybridized carbons (Fsp3) is 0.556. The van der Waals surface area contributed by atoms with Crippen LogP contribution in [0.25, 0.3) is 0 Å². The highest BCUT2D eigenvalue weighted by atomic mass is 35.5. The van der Waals surface area contributed by atoms with Crippen molar-refractivity contribution in [2.24, 2.45) is 0 Å². The molecule has 1 saturated carbocycles. The molecule has 26 heavy (non-hydrogen) atoms. The highest BCUT2D eigenvalue weighted by molar-refractivity contribution is 6.33. The molecule has 1 amide bonds. The second-order valence-electron chi connectivity index (χ2n) is 6.38. The summed E-state index contributed by atoms with van der Waals surface area (Å²) in [5.41, 5.74) is -0.220.